The lowest BCUT2D eigenvalue weighted by Gasteiger charge is -2.19. The van der Waals surface area contributed by atoms with Crippen LogP contribution >= 0.6 is 0 Å². The van der Waals surface area contributed by atoms with E-state index >= 15 is 0 Å². The van der Waals surface area contributed by atoms with Crippen LogP contribution in [-0.4, -0.2) is 31.7 Å². The molecule has 120 valence electrons. The SMILES string of the molecule is NC(=O)N[C@@H](CC(=O)NC[C@@H]1CCOC1)c1ccccc1F. The number of carbonyl (C=O) groups excluding carboxylic acids is 2. The highest BCUT2D eigenvalue weighted by molar-refractivity contribution is 5.78. The van der Waals surface area contributed by atoms with Gasteiger partial charge in [0.15, 0.2) is 0 Å². The van der Waals surface area contributed by atoms with Crippen LogP contribution in [0.25, 0.3) is 0 Å². The van der Waals surface area contributed by atoms with Gasteiger partial charge in [-0.15, -0.1) is 0 Å². The van der Waals surface area contributed by atoms with Crippen molar-refractivity contribution in [2.75, 3.05) is 19.8 Å². The Bertz CT molecular complexity index is 533. The number of nitrogens with one attached hydrogen (secondary N) is 2. The molecule has 0 aliphatic carbocycles. The summed E-state index contributed by atoms with van der Waals surface area (Å²) in [6, 6.07) is 4.39. The van der Waals surface area contributed by atoms with Crippen molar-refractivity contribution in [2.45, 2.75) is 18.9 Å². The topological polar surface area (TPSA) is 93.5 Å². The Balaban J connectivity index is 1.95. The van der Waals surface area contributed by atoms with Gasteiger partial charge in [-0.05, 0) is 12.5 Å². The van der Waals surface area contributed by atoms with Crippen molar-refractivity contribution in [3.8, 4) is 0 Å². The summed E-state index contributed by atoms with van der Waals surface area (Å²) in [4.78, 5) is 23.1. The fraction of sp³-hybridized carbons (Fsp3) is 0.467. The lowest BCUT2D eigenvalue weighted by Crippen LogP contribution is -2.38. The molecule has 0 radical (unpaired) electrons. The molecule has 1 aromatic carbocycles. The van der Waals surface area contributed by atoms with Crippen molar-refractivity contribution in [3.05, 3.63) is 35.6 Å². The molecular weight excluding hydrogens is 289 g/mol. The van der Waals surface area contributed by atoms with Gasteiger partial charge in [0.25, 0.3) is 0 Å². The van der Waals surface area contributed by atoms with Gasteiger partial charge in [-0.2, -0.15) is 0 Å². The molecule has 1 aliphatic heterocycles. The number of hydrogen-bond donors (Lipinski definition) is 3. The molecule has 2 rings (SSSR count). The van der Waals surface area contributed by atoms with Crippen LogP contribution in [0.3, 0.4) is 0 Å². The maximum Gasteiger partial charge on any atom is 0.312 e. The highest BCUT2D eigenvalue weighted by Crippen LogP contribution is 2.20. The first-order valence-corrected chi connectivity index (χ1v) is 7.21. The van der Waals surface area contributed by atoms with E-state index in [1.807, 2.05) is 0 Å². The fourth-order valence-corrected chi connectivity index (χ4v) is 2.43. The van der Waals surface area contributed by atoms with Crippen LogP contribution in [0.1, 0.15) is 24.4 Å². The van der Waals surface area contributed by atoms with Gasteiger partial charge in [-0.3, -0.25) is 4.79 Å². The van der Waals surface area contributed by atoms with Crippen molar-refractivity contribution in [2.24, 2.45) is 11.7 Å². The average Bonchev–Trinajstić information content (AvgIpc) is 2.98. The van der Waals surface area contributed by atoms with Crippen LogP contribution < -0.4 is 16.4 Å². The zero-order valence-electron chi connectivity index (χ0n) is 12.2. The van der Waals surface area contributed by atoms with Crippen LogP contribution in [0.5, 0.6) is 0 Å². The van der Waals surface area contributed by atoms with E-state index in [-0.39, 0.29) is 17.9 Å². The molecule has 22 heavy (non-hydrogen) atoms. The number of amides is 3. The summed E-state index contributed by atoms with van der Waals surface area (Å²) < 4.78 is 19.1. The zero-order valence-corrected chi connectivity index (χ0v) is 12.2. The highest BCUT2D eigenvalue weighted by atomic mass is 19.1. The van der Waals surface area contributed by atoms with Gasteiger partial charge in [0, 0.05) is 24.6 Å². The van der Waals surface area contributed by atoms with Gasteiger partial charge in [0.2, 0.25) is 5.91 Å². The number of benzene rings is 1. The molecule has 2 atom stereocenters. The van der Waals surface area contributed by atoms with Crippen molar-refractivity contribution < 1.29 is 18.7 Å². The number of ether oxygens (including phenoxy) is 1. The summed E-state index contributed by atoms with van der Waals surface area (Å²) in [5, 5.41) is 5.19. The minimum Gasteiger partial charge on any atom is -0.381 e. The monoisotopic (exact) mass is 309 g/mol. The number of hydrogen-bond acceptors (Lipinski definition) is 3. The third kappa shape index (κ3) is 4.70. The summed E-state index contributed by atoms with van der Waals surface area (Å²) in [6.45, 7) is 1.86. The van der Waals surface area contributed by atoms with E-state index < -0.39 is 17.9 Å². The molecule has 0 saturated carbocycles. The molecule has 0 spiro atoms. The number of urea groups is 1. The molecule has 7 heteroatoms. The Morgan fingerprint density at radius 3 is 2.82 bits per heavy atom. The minimum absolute atomic E-state index is 0.0720. The van der Waals surface area contributed by atoms with E-state index in [4.69, 9.17) is 10.5 Å². The largest absolute Gasteiger partial charge is 0.381 e. The lowest BCUT2D eigenvalue weighted by atomic mass is 10.0. The molecule has 6 nitrogen and oxygen atoms in total. The quantitative estimate of drug-likeness (QED) is 0.734. The Kier molecular flexibility index (Phi) is 5.71. The van der Waals surface area contributed by atoms with Gasteiger partial charge in [0.1, 0.15) is 5.82 Å². The minimum atomic E-state index is -0.801. The Labute approximate surface area is 128 Å². The number of carbonyl (C=O) groups is 2. The van der Waals surface area contributed by atoms with Gasteiger partial charge < -0.3 is 21.1 Å². The van der Waals surface area contributed by atoms with Crippen LogP contribution in [0, 0.1) is 11.7 Å². The second-order valence-corrected chi connectivity index (χ2v) is 5.32. The first-order chi connectivity index (χ1) is 10.6. The zero-order chi connectivity index (χ0) is 15.9. The molecule has 4 N–H and O–H groups in total. The molecular formula is C15H20FN3O3. The van der Waals surface area contributed by atoms with Crippen molar-refractivity contribution >= 4 is 11.9 Å². The maximum atomic E-state index is 13.8. The Hall–Kier alpha value is -2.15. The fourth-order valence-electron chi connectivity index (χ4n) is 2.43. The summed E-state index contributed by atoms with van der Waals surface area (Å²) in [6.07, 6.45) is 0.841. The van der Waals surface area contributed by atoms with Crippen molar-refractivity contribution in [1.29, 1.82) is 0 Å². The third-order valence-corrected chi connectivity index (χ3v) is 3.60. The summed E-state index contributed by atoms with van der Waals surface area (Å²) in [5.41, 5.74) is 5.35. The van der Waals surface area contributed by atoms with Gasteiger partial charge >= 0.3 is 6.03 Å². The first-order valence-electron chi connectivity index (χ1n) is 7.21. The smallest absolute Gasteiger partial charge is 0.312 e. The molecule has 0 bridgehead atoms. The van der Waals surface area contributed by atoms with Crippen LogP contribution in [0.2, 0.25) is 0 Å². The summed E-state index contributed by atoms with van der Waals surface area (Å²) in [7, 11) is 0. The predicted molar refractivity (Wildman–Crippen MR) is 78.4 cm³/mol. The maximum absolute atomic E-state index is 13.8. The van der Waals surface area contributed by atoms with Crippen LogP contribution in [0.4, 0.5) is 9.18 Å². The second-order valence-electron chi connectivity index (χ2n) is 5.32. The molecule has 0 unspecified atom stereocenters. The van der Waals surface area contributed by atoms with E-state index in [2.05, 4.69) is 10.6 Å². The number of nitrogens with two attached hydrogens (primary N) is 1. The Morgan fingerprint density at radius 1 is 1.41 bits per heavy atom. The second kappa shape index (κ2) is 7.74. The normalized spacial score (nSPS) is 18.7. The van der Waals surface area contributed by atoms with E-state index in [1.54, 1.807) is 12.1 Å². The van der Waals surface area contributed by atoms with Gasteiger partial charge in [-0.1, -0.05) is 18.2 Å². The molecule has 1 heterocycles. The highest BCUT2D eigenvalue weighted by Gasteiger charge is 2.22. The van der Waals surface area contributed by atoms with Gasteiger partial charge in [-0.25, -0.2) is 9.18 Å². The molecule has 0 aromatic heterocycles. The number of rotatable bonds is 6. The number of halogens is 1. The Morgan fingerprint density at radius 2 is 2.18 bits per heavy atom. The predicted octanol–water partition coefficient (Wildman–Crippen LogP) is 1.08. The molecule has 3 amide bonds. The summed E-state index contributed by atoms with van der Waals surface area (Å²) >= 11 is 0. The lowest BCUT2D eigenvalue weighted by molar-refractivity contribution is -0.121. The standard InChI is InChI=1S/C15H20FN3O3/c16-12-4-2-1-3-11(12)13(19-15(17)21)7-14(20)18-8-10-5-6-22-9-10/h1-4,10,13H,5-9H2,(H,18,20)(H3,17,19,21)/t10-,13-/m0/s1. The number of primary amides is 1. The van der Waals surface area contributed by atoms with Crippen molar-refractivity contribution in [1.82, 2.24) is 10.6 Å². The van der Waals surface area contributed by atoms with Crippen molar-refractivity contribution in [3.63, 3.8) is 0 Å². The molecule has 1 aliphatic rings. The molecule has 1 saturated heterocycles. The van der Waals surface area contributed by atoms with E-state index in [1.165, 1.54) is 12.1 Å². The van der Waals surface area contributed by atoms with E-state index in [0.717, 1.165) is 6.42 Å². The van der Waals surface area contributed by atoms with E-state index in [9.17, 15) is 14.0 Å². The first kappa shape index (κ1) is 16.2. The van der Waals surface area contributed by atoms with Crippen LogP contribution in [-0.2, 0) is 9.53 Å². The average molecular weight is 309 g/mol. The van der Waals surface area contributed by atoms with Crippen LogP contribution in [0.15, 0.2) is 24.3 Å². The third-order valence-electron chi connectivity index (χ3n) is 3.60. The summed E-state index contributed by atoms with van der Waals surface area (Å²) in [5.74, 6) is -0.452. The molecule has 1 fully saturated rings. The van der Waals surface area contributed by atoms with E-state index in [0.29, 0.717) is 25.7 Å². The molecule has 1 aromatic rings. The van der Waals surface area contributed by atoms with Gasteiger partial charge in [0.05, 0.1) is 19.1 Å².